The first-order valence-electron chi connectivity index (χ1n) is 6.75. The zero-order valence-corrected chi connectivity index (χ0v) is 12.8. The molecule has 0 spiro atoms. The van der Waals surface area contributed by atoms with Crippen LogP contribution in [0.1, 0.15) is 11.1 Å². The lowest BCUT2D eigenvalue weighted by Crippen LogP contribution is -2.30. The van der Waals surface area contributed by atoms with Gasteiger partial charge in [-0.25, -0.2) is 4.98 Å². The van der Waals surface area contributed by atoms with Crippen LogP contribution in [0.15, 0.2) is 47.5 Å². The molecule has 3 N–H and O–H groups in total. The third kappa shape index (κ3) is 4.25. The zero-order chi connectivity index (χ0) is 14.4. The second-order valence-corrected chi connectivity index (χ2v) is 5.92. The van der Waals surface area contributed by atoms with Crippen LogP contribution in [0.25, 0.3) is 0 Å². The van der Waals surface area contributed by atoms with Gasteiger partial charge < -0.3 is 11.1 Å². The fraction of sp³-hybridized carbons (Fsp3) is 0.312. The molecule has 0 aliphatic carbocycles. The van der Waals surface area contributed by atoms with E-state index in [-0.39, 0.29) is 0 Å². The summed E-state index contributed by atoms with van der Waals surface area (Å²) in [4.78, 5) is 5.38. The number of rotatable bonds is 6. The van der Waals surface area contributed by atoms with Crippen molar-refractivity contribution in [2.24, 2.45) is 0 Å². The highest BCUT2D eigenvalue weighted by atomic mass is 32.2. The first kappa shape index (κ1) is 14.9. The molecule has 0 aliphatic rings. The van der Waals surface area contributed by atoms with Gasteiger partial charge in [-0.2, -0.15) is 0 Å². The molecule has 20 heavy (non-hydrogen) atoms. The van der Waals surface area contributed by atoms with Gasteiger partial charge in [-0.15, -0.1) is 11.8 Å². The Labute approximate surface area is 125 Å². The summed E-state index contributed by atoms with van der Waals surface area (Å²) in [6, 6.07) is 12.9. The molecule has 1 heterocycles. The van der Waals surface area contributed by atoms with E-state index in [1.165, 1.54) is 16.0 Å². The summed E-state index contributed by atoms with van der Waals surface area (Å²) in [6.07, 6.45) is 2.73. The molecule has 0 bridgehead atoms. The third-order valence-electron chi connectivity index (χ3n) is 3.27. The standard InChI is InChI=1S/C16H21N3S/c1-12-5-3-4-6-15(12)20-11-14(18-2)9-13-7-8-19-16(17)10-13/h3-8,10,14,18H,9,11H2,1-2H3,(H2,17,19). The van der Waals surface area contributed by atoms with Crippen molar-refractivity contribution >= 4 is 17.6 Å². The summed E-state index contributed by atoms with van der Waals surface area (Å²) >= 11 is 1.89. The van der Waals surface area contributed by atoms with E-state index in [1.54, 1.807) is 6.20 Å². The monoisotopic (exact) mass is 287 g/mol. The highest BCUT2D eigenvalue weighted by Crippen LogP contribution is 2.23. The van der Waals surface area contributed by atoms with Crippen LogP contribution < -0.4 is 11.1 Å². The molecule has 0 saturated heterocycles. The highest BCUT2D eigenvalue weighted by molar-refractivity contribution is 7.99. The predicted octanol–water partition coefficient (Wildman–Crippen LogP) is 2.90. The average molecular weight is 287 g/mol. The van der Waals surface area contributed by atoms with Crippen molar-refractivity contribution in [2.75, 3.05) is 18.5 Å². The van der Waals surface area contributed by atoms with Crippen molar-refractivity contribution in [2.45, 2.75) is 24.3 Å². The van der Waals surface area contributed by atoms with Crippen LogP contribution >= 0.6 is 11.8 Å². The Morgan fingerprint density at radius 2 is 2.10 bits per heavy atom. The molecule has 1 aromatic carbocycles. The largest absolute Gasteiger partial charge is 0.384 e. The van der Waals surface area contributed by atoms with E-state index in [0.717, 1.165) is 12.2 Å². The number of hydrogen-bond donors (Lipinski definition) is 2. The molecule has 2 rings (SSSR count). The quantitative estimate of drug-likeness (QED) is 0.802. The summed E-state index contributed by atoms with van der Waals surface area (Å²) in [5, 5.41) is 3.38. The normalized spacial score (nSPS) is 12.3. The van der Waals surface area contributed by atoms with Gasteiger partial charge in [-0.3, -0.25) is 0 Å². The van der Waals surface area contributed by atoms with E-state index in [0.29, 0.717) is 11.9 Å². The lowest BCUT2D eigenvalue weighted by atomic mass is 10.1. The Hall–Kier alpha value is -1.52. The van der Waals surface area contributed by atoms with Gasteiger partial charge in [-0.05, 0) is 49.7 Å². The number of thioether (sulfide) groups is 1. The number of nitrogens with one attached hydrogen (secondary N) is 1. The van der Waals surface area contributed by atoms with Gasteiger partial charge >= 0.3 is 0 Å². The van der Waals surface area contributed by atoms with Gasteiger partial charge in [0.25, 0.3) is 0 Å². The lowest BCUT2D eigenvalue weighted by Gasteiger charge is -2.16. The molecule has 0 saturated carbocycles. The molecule has 0 radical (unpaired) electrons. The van der Waals surface area contributed by atoms with Gasteiger partial charge in [-0.1, -0.05) is 18.2 Å². The van der Waals surface area contributed by atoms with Crippen molar-refractivity contribution in [3.63, 3.8) is 0 Å². The maximum Gasteiger partial charge on any atom is 0.123 e. The van der Waals surface area contributed by atoms with E-state index in [4.69, 9.17) is 5.73 Å². The van der Waals surface area contributed by atoms with Gasteiger partial charge in [0.15, 0.2) is 0 Å². The first-order valence-corrected chi connectivity index (χ1v) is 7.73. The number of aryl methyl sites for hydroxylation is 1. The van der Waals surface area contributed by atoms with Gasteiger partial charge in [0, 0.05) is 22.9 Å². The average Bonchev–Trinajstić information content (AvgIpc) is 2.45. The van der Waals surface area contributed by atoms with Crippen LogP contribution in [0.2, 0.25) is 0 Å². The van der Waals surface area contributed by atoms with Gasteiger partial charge in [0.05, 0.1) is 0 Å². The molecular formula is C16H21N3S. The molecule has 4 heteroatoms. The summed E-state index contributed by atoms with van der Waals surface area (Å²) in [7, 11) is 2.01. The number of nitrogen functional groups attached to an aromatic ring is 1. The minimum absolute atomic E-state index is 0.418. The third-order valence-corrected chi connectivity index (χ3v) is 4.61. The van der Waals surface area contributed by atoms with Crippen molar-refractivity contribution in [3.8, 4) is 0 Å². The minimum atomic E-state index is 0.418. The van der Waals surface area contributed by atoms with Gasteiger partial charge in [0.2, 0.25) is 0 Å². The summed E-state index contributed by atoms with van der Waals surface area (Å²) in [6.45, 7) is 2.15. The van der Waals surface area contributed by atoms with Crippen LogP contribution in [0.3, 0.4) is 0 Å². The van der Waals surface area contributed by atoms with Crippen molar-refractivity contribution < 1.29 is 0 Å². The van der Waals surface area contributed by atoms with Crippen molar-refractivity contribution in [1.82, 2.24) is 10.3 Å². The second kappa shape index (κ2) is 7.31. The smallest absolute Gasteiger partial charge is 0.123 e. The number of hydrogen-bond acceptors (Lipinski definition) is 4. The SMILES string of the molecule is CNC(CSc1ccccc1C)Cc1ccnc(N)c1. The van der Waals surface area contributed by atoms with Crippen LogP contribution in [-0.4, -0.2) is 23.8 Å². The Morgan fingerprint density at radius 1 is 1.30 bits per heavy atom. The topological polar surface area (TPSA) is 50.9 Å². The Kier molecular flexibility index (Phi) is 5.44. The van der Waals surface area contributed by atoms with E-state index in [1.807, 2.05) is 30.9 Å². The molecule has 1 unspecified atom stereocenters. The molecular weight excluding hydrogens is 266 g/mol. The Bertz CT molecular complexity index is 557. The molecule has 106 valence electrons. The number of pyridine rings is 1. The summed E-state index contributed by atoms with van der Waals surface area (Å²) in [5.41, 5.74) is 8.28. The number of likely N-dealkylation sites (N-methyl/N-ethyl adjacent to an activating group) is 1. The number of nitrogens with two attached hydrogens (primary N) is 1. The minimum Gasteiger partial charge on any atom is -0.384 e. The fourth-order valence-electron chi connectivity index (χ4n) is 2.06. The number of anilines is 1. The lowest BCUT2D eigenvalue weighted by molar-refractivity contribution is 0.617. The van der Waals surface area contributed by atoms with Crippen molar-refractivity contribution in [1.29, 1.82) is 0 Å². The number of nitrogens with zero attached hydrogens (tertiary/aromatic N) is 1. The molecule has 3 nitrogen and oxygen atoms in total. The molecule has 2 aromatic rings. The van der Waals surface area contributed by atoms with Crippen LogP contribution in [0, 0.1) is 6.92 Å². The van der Waals surface area contributed by atoms with Crippen LogP contribution in [0.4, 0.5) is 5.82 Å². The zero-order valence-electron chi connectivity index (χ0n) is 12.0. The van der Waals surface area contributed by atoms with E-state index < -0.39 is 0 Å². The number of benzene rings is 1. The van der Waals surface area contributed by atoms with Gasteiger partial charge in [0.1, 0.15) is 5.82 Å². The molecule has 0 amide bonds. The van der Waals surface area contributed by atoms with E-state index in [2.05, 4.69) is 41.5 Å². The fourth-order valence-corrected chi connectivity index (χ4v) is 3.19. The Morgan fingerprint density at radius 3 is 2.80 bits per heavy atom. The summed E-state index contributed by atoms with van der Waals surface area (Å²) in [5.74, 6) is 1.62. The van der Waals surface area contributed by atoms with E-state index >= 15 is 0 Å². The molecule has 0 fully saturated rings. The van der Waals surface area contributed by atoms with Crippen LogP contribution in [-0.2, 0) is 6.42 Å². The van der Waals surface area contributed by atoms with Crippen molar-refractivity contribution in [3.05, 3.63) is 53.7 Å². The Balaban J connectivity index is 1.94. The second-order valence-electron chi connectivity index (χ2n) is 4.86. The molecule has 0 aliphatic heterocycles. The van der Waals surface area contributed by atoms with E-state index in [9.17, 15) is 0 Å². The first-order chi connectivity index (χ1) is 9.69. The maximum absolute atomic E-state index is 5.72. The highest BCUT2D eigenvalue weighted by Gasteiger charge is 2.09. The maximum atomic E-state index is 5.72. The molecule has 1 atom stereocenters. The van der Waals surface area contributed by atoms with Crippen LogP contribution in [0.5, 0.6) is 0 Å². The number of aromatic nitrogens is 1. The molecule has 1 aromatic heterocycles. The predicted molar refractivity (Wildman–Crippen MR) is 87.1 cm³/mol. The summed E-state index contributed by atoms with van der Waals surface area (Å²) < 4.78 is 0.